The van der Waals surface area contributed by atoms with Crippen LogP contribution in [0.3, 0.4) is 0 Å². The fourth-order valence-corrected chi connectivity index (χ4v) is 2.08. The van der Waals surface area contributed by atoms with Crippen molar-refractivity contribution in [2.75, 3.05) is 13.2 Å². The molecule has 0 saturated heterocycles. The van der Waals surface area contributed by atoms with Crippen molar-refractivity contribution >= 4 is 0 Å². The lowest BCUT2D eigenvalue weighted by atomic mass is 10.0. The normalized spacial score (nSPS) is 19.4. The van der Waals surface area contributed by atoms with Crippen molar-refractivity contribution in [2.24, 2.45) is 0 Å². The molecule has 2 rings (SSSR count). The summed E-state index contributed by atoms with van der Waals surface area (Å²) >= 11 is 0. The molecular formula is C15H21NO. The molecule has 1 N–H and O–H groups in total. The van der Waals surface area contributed by atoms with Crippen LogP contribution in [-0.4, -0.2) is 19.2 Å². The highest BCUT2D eigenvalue weighted by Crippen LogP contribution is 2.09. The van der Waals surface area contributed by atoms with E-state index >= 15 is 0 Å². The van der Waals surface area contributed by atoms with E-state index in [-0.39, 0.29) is 0 Å². The van der Waals surface area contributed by atoms with E-state index in [2.05, 4.69) is 29.6 Å². The molecule has 0 spiro atoms. The van der Waals surface area contributed by atoms with Crippen LogP contribution in [0.25, 0.3) is 0 Å². The van der Waals surface area contributed by atoms with Crippen LogP contribution in [0.1, 0.15) is 24.8 Å². The molecule has 92 valence electrons. The van der Waals surface area contributed by atoms with Gasteiger partial charge in [0.25, 0.3) is 0 Å². The molecule has 1 unspecified atom stereocenters. The zero-order valence-corrected chi connectivity index (χ0v) is 10.3. The molecule has 0 heterocycles. The Morgan fingerprint density at radius 3 is 2.82 bits per heavy atom. The van der Waals surface area contributed by atoms with Crippen LogP contribution in [0.2, 0.25) is 0 Å². The topological polar surface area (TPSA) is 21.3 Å². The van der Waals surface area contributed by atoms with E-state index in [4.69, 9.17) is 4.74 Å². The monoisotopic (exact) mass is 231 g/mol. The number of benzene rings is 1. The SMILES string of the molecule is C1=CCC(NCCOCc2ccccc2)CC1. The fourth-order valence-electron chi connectivity index (χ4n) is 2.08. The fraction of sp³-hybridized carbons (Fsp3) is 0.467. The van der Waals surface area contributed by atoms with Gasteiger partial charge >= 0.3 is 0 Å². The third-order valence-corrected chi connectivity index (χ3v) is 3.06. The number of ether oxygens (including phenoxy) is 1. The Labute approximate surface area is 104 Å². The van der Waals surface area contributed by atoms with Crippen molar-refractivity contribution in [3.63, 3.8) is 0 Å². The standard InChI is InChI=1S/C15H21NO/c1-3-7-14(8-4-1)13-17-12-11-16-15-9-5-2-6-10-15/h1-5,7-8,15-16H,6,9-13H2. The highest BCUT2D eigenvalue weighted by Gasteiger charge is 2.07. The van der Waals surface area contributed by atoms with Gasteiger partial charge in [-0.3, -0.25) is 0 Å². The van der Waals surface area contributed by atoms with Crippen LogP contribution < -0.4 is 5.32 Å². The van der Waals surface area contributed by atoms with Crippen molar-refractivity contribution in [2.45, 2.75) is 31.9 Å². The maximum atomic E-state index is 5.63. The van der Waals surface area contributed by atoms with Crippen LogP contribution in [-0.2, 0) is 11.3 Å². The summed E-state index contributed by atoms with van der Waals surface area (Å²) in [6.45, 7) is 2.45. The van der Waals surface area contributed by atoms with E-state index < -0.39 is 0 Å². The molecule has 2 nitrogen and oxygen atoms in total. The number of hydrogen-bond donors (Lipinski definition) is 1. The molecule has 0 bridgehead atoms. The Kier molecular flexibility index (Phi) is 5.27. The first kappa shape index (κ1) is 12.3. The van der Waals surface area contributed by atoms with Gasteiger partial charge in [-0.2, -0.15) is 0 Å². The molecule has 1 aliphatic carbocycles. The second kappa shape index (κ2) is 7.25. The highest BCUT2D eigenvalue weighted by atomic mass is 16.5. The first-order chi connectivity index (χ1) is 8.45. The smallest absolute Gasteiger partial charge is 0.0717 e. The minimum atomic E-state index is 0.653. The summed E-state index contributed by atoms with van der Waals surface area (Å²) in [5.41, 5.74) is 1.24. The quantitative estimate of drug-likeness (QED) is 0.600. The lowest BCUT2D eigenvalue weighted by Gasteiger charge is -2.19. The Balaban J connectivity index is 1.53. The highest BCUT2D eigenvalue weighted by molar-refractivity contribution is 5.13. The molecule has 0 aliphatic heterocycles. The lowest BCUT2D eigenvalue weighted by Crippen LogP contribution is -2.32. The number of hydrogen-bond acceptors (Lipinski definition) is 2. The molecule has 0 saturated carbocycles. The second-order valence-electron chi connectivity index (χ2n) is 4.47. The van der Waals surface area contributed by atoms with Crippen molar-refractivity contribution in [1.29, 1.82) is 0 Å². The van der Waals surface area contributed by atoms with Gasteiger partial charge < -0.3 is 10.1 Å². The van der Waals surface area contributed by atoms with Crippen molar-refractivity contribution in [3.05, 3.63) is 48.0 Å². The number of rotatable bonds is 6. The van der Waals surface area contributed by atoms with E-state index in [1.165, 1.54) is 24.8 Å². The van der Waals surface area contributed by atoms with Gasteiger partial charge in [0.15, 0.2) is 0 Å². The summed E-state index contributed by atoms with van der Waals surface area (Å²) < 4.78 is 5.63. The van der Waals surface area contributed by atoms with Gasteiger partial charge in [-0.05, 0) is 24.8 Å². The molecular weight excluding hydrogens is 210 g/mol. The van der Waals surface area contributed by atoms with Gasteiger partial charge in [0, 0.05) is 12.6 Å². The third-order valence-electron chi connectivity index (χ3n) is 3.06. The molecule has 1 aromatic rings. The van der Waals surface area contributed by atoms with Gasteiger partial charge in [0.2, 0.25) is 0 Å². The molecule has 2 heteroatoms. The molecule has 1 aliphatic rings. The first-order valence-electron chi connectivity index (χ1n) is 6.45. The average Bonchev–Trinajstić information content (AvgIpc) is 2.41. The minimum Gasteiger partial charge on any atom is -0.375 e. The van der Waals surface area contributed by atoms with Crippen LogP contribution in [0.5, 0.6) is 0 Å². The van der Waals surface area contributed by atoms with Gasteiger partial charge in [-0.1, -0.05) is 42.5 Å². The van der Waals surface area contributed by atoms with Crippen LogP contribution in [0, 0.1) is 0 Å². The Bertz CT molecular complexity index is 334. The number of allylic oxidation sites excluding steroid dienone is 1. The van der Waals surface area contributed by atoms with E-state index in [1.807, 2.05) is 18.2 Å². The molecule has 0 fully saturated rings. The van der Waals surface area contributed by atoms with Gasteiger partial charge in [-0.25, -0.2) is 0 Å². The van der Waals surface area contributed by atoms with Crippen LogP contribution in [0.15, 0.2) is 42.5 Å². The zero-order chi connectivity index (χ0) is 11.8. The molecule has 0 aromatic heterocycles. The Morgan fingerprint density at radius 2 is 2.06 bits per heavy atom. The summed E-state index contributed by atoms with van der Waals surface area (Å²) in [6.07, 6.45) is 8.17. The second-order valence-corrected chi connectivity index (χ2v) is 4.47. The average molecular weight is 231 g/mol. The van der Waals surface area contributed by atoms with Gasteiger partial charge in [0.1, 0.15) is 0 Å². The summed E-state index contributed by atoms with van der Waals surface area (Å²) in [6, 6.07) is 11.0. The van der Waals surface area contributed by atoms with Gasteiger partial charge in [-0.15, -0.1) is 0 Å². The summed E-state index contributed by atoms with van der Waals surface area (Å²) in [4.78, 5) is 0. The van der Waals surface area contributed by atoms with Crippen LogP contribution >= 0.6 is 0 Å². The minimum absolute atomic E-state index is 0.653. The summed E-state index contributed by atoms with van der Waals surface area (Å²) in [5, 5.41) is 3.53. The summed E-state index contributed by atoms with van der Waals surface area (Å²) in [5.74, 6) is 0. The van der Waals surface area contributed by atoms with Crippen molar-refractivity contribution < 1.29 is 4.74 Å². The van der Waals surface area contributed by atoms with E-state index in [0.717, 1.165) is 13.2 Å². The predicted octanol–water partition coefficient (Wildman–Crippen LogP) is 2.90. The van der Waals surface area contributed by atoms with Crippen molar-refractivity contribution in [1.82, 2.24) is 5.32 Å². The third kappa shape index (κ3) is 4.72. The molecule has 1 aromatic carbocycles. The molecule has 0 radical (unpaired) electrons. The Hall–Kier alpha value is -1.12. The first-order valence-corrected chi connectivity index (χ1v) is 6.45. The lowest BCUT2D eigenvalue weighted by molar-refractivity contribution is 0.120. The predicted molar refractivity (Wildman–Crippen MR) is 70.9 cm³/mol. The van der Waals surface area contributed by atoms with E-state index in [0.29, 0.717) is 12.6 Å². The zero-order valence-electron chi connectivity index (χ0n) is 10.3. The number of nitrogens with one attached hydrogen (secondary N) is 1. The molecule has 17 heavy (non-hydrogen) atoms. The van der Waals surface area contributed by atoms with E-state index in [1.54, 1.807) is 0 Å². The van der Waals surface area contributed by atoms with Gasteiger partial charge in [0.05, 0.1) is 13.2 Å². The van der Waals surface area contributed by atoms with E-state index in [9.17, 15) is 0 Å². The molecule has 1 atom stereocenters. The molecule has 0 amide bonds. The maximum absolute atomic E-state index is 5.63. The van der Waals surface area contributed by atoms with Crippen LogP contribution in [0.4, 0.5) is 0 Å². The Morgan fingerprint density at radius 1 is 1.18 bits per heavy atom. The maximum Gasteiger partial charge on any atom is 0.0717 e. The van der Waals surface area contributed by atoms with Crippen molar-refractivity contribution in [3.8, 4) is 0 Å². The largest absolute Gasteiger partial charge is 0.375 e. The summed E-state index contributed by atoms with van der Waals surface area (Å²) in [7, 11) is 0.